The molecule has 0 fully saturated rings. The predicted octanol–water partition coefficient (Wildman–Crippen LogP) is 2.66. The molecule has 0 spiro atoms. The normalized spacial score (nSPS) is 11.5. The quantitative estimate of drug-likeness (QED) is 0.655. The summed E-state index contributed by atoms with van der Waals surface area (Å²) in [6.07, 6.45) is 0.514. The Morgan fingerprint density at radius 1 is 1.16 bits per heavy atom. The van der Waals surface area contributed by atoms with E-state index < -0.39 is 0 Å². The van der Waals surface area contributed by atoms with Crippen LogP contribution in [0.3, 0.4) is 0 Å². The van der Waals surface area contributed by atoms with Crippen molar-refractivity contribution in [2.24, 2.45) is 0 Å². The lowest BCUT2D eigenvalue weighted by atomic mass is 10.1. The van der Waals surface area contributed by atoms with Crippen LogP contribution in [0.1, 0.15) is 37.6 Å². The monoisotopic (exact) mass is 261 g/mol. The Kier molecular flexibility index (Phi) is 5.79. The molecular formula is C15H19NO3. The van der Waals surface area contributed by atoms with E-state index in [2.05, 4.69) is 5.32 Å². The van der Waals surface area contributed by atoms with Gasteiger partial charge in [-0.2, -0.15) is 0 Å². The number of esters is 1. The fourth-order valence-electron chi connectivity index (χ4n) is 1.69. The van der Waals surface area contributed by atoms with E-state index in [1.54, 1.807) is 38.1 Å². The van der Waals surface area contributed by atoms with Gasteiger partial charge in [-0.1, -0.05) is 25.1 Å². The van der Waals surface area contributed by atoms with E-state index in [4.69, 9.17) is 4.74 Å². The van der Waals surface area contributed by atoms with E-state index >= 15 is 0 Å². The second kappa shape index (κ2) is 7.36. The van der Waals surface area contributed by atoms with Crippen LogP contribution in [0.15, 0.2) is 41.6 Å². The number of carbonyl (C=O) groups is 2. The first-order chi connectivity index (χ1) is 9.10. The van der Waals surface area contributed by atoms with Crippen LogP contribution in [0.2, 0.25) is 0 Å². The third-order valence-corrected chi connectivity index (χ3v) is 2.67. The first-order valence-electron chi connectivity index (χ1n) is 6.33. The lowest BCUT2D eigenvalue weighted by Gasteiger charge is -2.11. The van der Waals surface area contributed by atoms with Crippen molar-refractivity contribution in [2.45, 2.75) is 27.2 Å². The molecule has 0 aromatic heterocycles. The number of nitrogens with one attached hydrogen (secondary N) is 1. The molecule has 1 rings (SSSR count). The predicted molar refractivity (Wildman–Crippen MR) is 73.5 cm³/mol. The van der Waals surface area contributed by atoms with E-state index in [0.717, 1.165) is 0 Å². The zero-order chi connectivity index (χ0) is 14.3. The Morgan fingerprint density at radius 2 is 1.79 bits per heavy atom. The molecule has 0 saturated carbocycles. The van der Waals surface area contributed by atoms with Gasteiger partial charge in [-0.05, 0) is 32.4 Å². The summed E-state index contributed by atoms with van der Waals surface area (Å²) in [5.41, 5.74) is 1.59. The molecule has 0 bridgehead atoms. The maximum absolute atomic E-state index is 12.0. The fourth-order valence-corrected chi connectivity index (χ4v) is 1.69. The van der Waals surface area contributed by atoms with Crippen LogP contribution in [0.25, 0.3) is 0 Å². The van der Waals surface area contributed by atoms with E-state index in [1.807, 2.05) is 13.0 Å². The van der Waals surface area contributed by atoms with E-state index in [1.165, 1.54) is 0 Å². The summed E-state index contributed by atoms with van der Waals surface area (Å²) >= 11 is 0. The molecule has 0 aliphatic heterocycles. The lowest BCUT2D eigenvalue weighted by molar-refractivity contribution is -0.138. The van der Waals surface area contributed by atoms with Crippen molar-refractivity contribution in [3.63, 3.8) is 0 Å². The average molecular weight is 261 g/mol. The zero-order valence-corrected chi connectivity index (χ0v) is 11.5. The van der Waals surface area contributed by atoms with Crippen LogP contribution >= 0.6 is 0 Å². The summed E-state index contributed by atoms with van der Waals surface area (Å²) in [5, 5.41) is 2.73. The van der Waals surface area contributed by atoms with Crippen molar-refractivity contribution >= 4 is 11.9 Å². The maximum atomic E-state index is 12.0. The molecule has 0 unspecified atom stereocenters. The Hall–Kier alpha value is -2.10. The molecule has 0 aliphatic carbocycles. The number of ether oxygens (including phenoxy) is 1. The SMILES string of the molecule is CCOC(=O)/C(CC)=C(/C)NC(=O)c1ccccc1. The maximum Gasteiger partial charge on any atom is 0.335 e. The smallest absolute Gasteiger partial charge is 0.335 e. The molecule has 4 heteroatoms. The molecule has 1 amide bonds. The minimum absolute atomic E-state index is 0.228. The van der Waals surface area contributed by atoms with Gasteiger partial charge in [-0.15, -0.1) is 0 Å². The molecule has 1 aromatic carbocycles. The number of allylic oxidation sites excluding steroid dienone is 1. The number of carbonyl (C=O) groups excluding carboxylic acids is 2. The van der Waals surface area contributed by atoms with Gasteiger partial charge < -0.3 is 10.1 Å². The molecule has 0 radical (unpaired) electrons. The van der Waals surface area contributed by atoms with Crippen molar-refractivity contribution in [1.82, 2.24) is 5.32 Å². The number of hydrogen-bond donors (Lipinski definition) is 1. The van der Waals surface area contributed by atoms with Gasteiger partial charge >= 0.3 is 5.97 Å². The van der Waals surface area contributed by atoms with Gasteiger partial charge in [0, 0.05) is 11.3 Å². The molecule has 0 saturated heterocycles. The van der Waals surface area contributed by atoms with Gasteiger partial charge in [0.2, 0.25) is 0 Å². The van der Waals surface area contributed by atoms with Crippen molar-refractivity contribution in [1.29, 1.82) is 0 Å². The highest BCUT2D eigenvalue weighted by Gasteiger charge is 2.14. The van der Waals surface area contributed by atoms with Gasteiger partial charge in [-0.3, -0.25) is 4.79 Å². The lowest BCUT2D eigenvalue weighted by Crippen LogP contribution is -2.24. The molecule has 1 aromatic rings. The first-order valence-corrected chi connectivity index (χ1v) is 6.33. The van der Waals surface area contributed by atoms with Gasteiger partial charge in [0.25, 0.3) is 5.91 Å². The summed E-state index contributed by atoms with van der Waals surface area (Å²) in [7, 11) is 0. The van der Waals surface area contributed by atoms with Gasteiger partial charge in [0.15, 0.2) is 0 Å². The van der Waals surface area contributed by atoms with Crippen LogP contribution in [-0.4, -0.2) is 18.5 Å². The molecule has 19 heavy (non-hydrogen) atoms. The van der Waals surface area contributed by atoms with Crippen LogP contribution < -0.4 is 5.32 Å². The summed E-state index contributed by atoms with van der Waals surface area (Å²) in [6, 6.07) is 8.87. The number of amides is 1. The van der Waals surface area contributed by atoms with Crippen LogP contribution in [-0.2, 0) is 9.53 Å². The van der Waals surface area contributed by atoms with E-state index in [0.29, 0.717) is 29.9 Å². The van der Waals surface area contributed by atoms with Crippen LogP contribution in [0, 0.1) is 0 Å². The number of benzene rings is 1. The summed E-state index contributed by atoms with van der Waals surface area (Å²) < 4.78 is 4.96. The Bertz CT molecular complexity index is 477. The highest BCUT2D eigenvalue weighted by Crippen LogP contribution is 2.10. The minimum Gasteiger partial charge on any atom is -0.463 e. The Labute approximate surface area is 113 Å². The molecule has 0 aliphatic rings. The van der Waals surface area contributed by atoms with Crippen molar-refractivity contribution in [3.8, 4) is 0 Å². The first kappa shape index (κ1) is 15.0. The van der Waals surface area contributed by atoms with Gasteiger partial charge in [0.1, 0.15) is 0 Å². The van der Waals surface area contributed by atoms with E-state index in [9.17, 15) is 9.59 Å². The van der Waals surface area contributed by atoms with Gasteiger partial charge in [0.05, 0.1) is 12.2 Å². The molecule has 0 atom stereocenters. The topological polar surface area (TPSA) is 55.4 Å². The summed E-state index contributed by atoms with van der Waals surface area (Å²) in [6.45, 7) is 5.63. The molecule has 0 heterocycles. The van der Waals surface area contributed by atoms with Crippen LogP contribution in [0.5, 0.6) is 0 Å². The second-order valence-corrected chi connectivity index (χ2v) is 4.00. The summed E-state index contributed by atoms with van der Waals surface area (Å²) in [4.78, 5) is 23.7. The Morgan fingerprint density at radius 3 is 2.32 bits per heavy atom. The average Bonchev–Trinajstić information content (AvgIpc) is 2.40. The van der Waals surface area contributed by atoms with Gasteiger partial charge in [-0.25, -0.2) is 4.79 Å². The molecule has 102 valence electrons. The highest BCUT2D eigenvalue weighted by molar-refractivity contribution is 5.97. The third kappa shape index (κ3) is 4.25. The largest absolute Gasteiger partial charge is 0.463 e. The van der Waals surface area contributed by atoms with Crippen molar-refractivity contribution in [2.75, 3.05) is 6.61 Å². The zero-order valence-electron chi connectivity index (χ0n) is 11.5. The fraction of sp³-hybridized carbons (Fsp3) is 0.333. The molecular weight excluding hydrogens is 242 g/mol. The summed E-state index contributed by atoms with van der Waals surface area (Å²) in [5.74, 6) is -0.607. The van der Waals surface area contributed by atoms with E-state index in [-0.39, 0.29) is 11.9 Å². The number of hydrogen-bond acceptors (Lipinski definition) is 3. The molecule has 4 nitrogen and oxygen atoms in total. The number of rotatable bonds is 5. The van der Waals surface area contributed by atoms with Crippen LogP contribution in [0.4, 0.5) is 0 Å². The third-order valence-electron chi connectivity index (χ3n) is 2.67. The Balaban J connectivity index is 2.84. The van der Waals surface area contributed by atoms with Crippen molar-refractivity contribution in [3.05, 3.63) is 47.2 Å². The molecule has 1 N–H and O–H groups in total. The minimum atomic E-state index is -0.379. The van der Waals surface area contributed by atoms with Crippen molar-refractivity contribution < 1.29 is 14.3 Å². The highest BCUT2D eigenvalue weighted by atomic mass is 16.5. The second-order valence-electron chi connectivity index (χ2n) is 4.00. The standard InChI is InChI=1S/C15H19NO3/c1-4-13(15(18)19-5-2)11(3)16-14(17)12-9-7-6-8-10-12/h6-10H,4-5H2,1-3H3,(H,16,17)/b13-11-.